The van der Waals surface area contributed by atoms with E-state index in [4.69, 9.17) is 0 Å². The maximum atomic E-state index is 15.0. The van der Waals surface area contributed by atoms with Crippen molar-refractivity contribution in [2.45, 2.75) is 19.4 Å². The number of benzene rings is 1. The topological polar surface area (TPSA) is 57.5 Å². The summed E-state index contributed by atoms with van der Waals surface area (Å²) in [5.74, 6) is -0.389. The van der Waals surface area contributed by atoms with E-state index in [1.54, 1.807) is 29.8 Å². The van der Waals surface area contributed by atoms with Crippen molar-refractivity contribution in [2.75, 3.05) is 30.4 Å². The molecule has 0 unspecified atom stereocenters. The predicted molar refractivity (Wildman–Crippen MR) is 112 cm³/mol. The fourth-order valence-corrected chi connectivity index (χ4v) is 4.68. The van der Waals surface area contributed by atoms with Crippen molar-refractivity contribution >= 4 is 44.5 Å². The molecule has 0 bridgehead atoms. The molecule has 150 valence electrons. The van der Waals surface area contributed by atoms with Crippen molar-refractivity contribution in [3.8, 4) is 0 Å². The lowest BCUT2D eigenvalue weighted by Gasteiger charge is -2.19. The Labute approximate surface area is 170 Å². The van der Waals surface area contributed by atoms with E-state index in [1.807, 2.05) is 13.1 Å². The molecule has 0 amide bonds. The van der Waals surface area contributed by atoms with E-state index < -0.39 is 5.82 Å². The largest absolute Gasteiger partial charge is 0.370 e. The maximum Gasteiger partial charge on any atom is 0.173 e. The van der Waals surface area contributed by atoms with Crippen LogP contribution in [0, 0.1) is 18.6 Å². The average molecular weight is 414 g/mol. The van der Waals surface area contributed by atoms with E-state index in [-0.39, 0.29) is 11.5 Å². The molecule has 6 nitrogen and oxygen atoms in total. The van der Waals surface area contributed by atoms with Crippen molar-refractivity contribution in [1.29, 1.82) is 0 Å². The molecule has 1 saturated heterocycles. The van der Waals surface area contributed by atoms with Gasteiger partial charge in [-0.2, -0.15) is 4.37 Å². The summed E-state index contributed by atoms with van der Waals surface area (Å²) in [4.78, 5) is 6.33. The van der Waals surface area contributed by atoms with E-state index in [2.05, 4.69) is 24.9 Å². The van der Waals surface area contributed by atoms with Gasteiger partial charge in [0.15, 0.2) is 17.3 Å². The third-order valence-electron chi connectivity index (χ3n) is 5.36. The molecule has 5 rings (SSSR count). The van der Waals surface area contributed by atoms with Crippen LogP contribution < -0.4 is 15.5 Å². The number of halogens is 2. The first kappa shape index (κ1) is 18.3. The maximum absolute atomic E-state index is 15.0. The van der Waals surface area contributed by atoms with Crippen LogP contribution in [0.4, 0.5) is 26.0 Å². The number of anilines is 3. The van der Waals surface area contributed by atoms with Gasteiger partial charge in [-0.1, -0.05) is 0 Å². The highest BCUT2D eigenvalue weighted by molar-refractivity contribution is 7.13. The summed E-state index contributed by atoms with van der Waals surface area (Å²) in [5, 5.41) is 6.76. The molecule has 3 aromatic heterocycles. The molecule has 4 heterocycles. The lowest BCUT2D eigenvalue weighted by molar-refractivity contribution is 0.616. The van der Waals surface area contributed by atoms with E-state index in [1.165, 1.54) is 17.6 Å². The van der Waals surface area contributed by atoms with Crippen LogP contribution >= 0.6 is 11.5 Å². The monoisotopic (exact) mass is 414 g/mol. The molecule has 1 aliphatic rings. The highest BCUT2D eigenvalue weighted by Crippen LogP contribution is 2.35. The summed E-state index contributed by atoms with van der Waals surface area (Å²) in [7, 11) is 1.95. The van der Waals surface area contributed by atoms with Gasteiger partial charge in [0.25, 0.3) is 0 Å². The summed E-state index contributed by atoms with van der Waals surface area (Å²) in [6, 6.07) is 5.30. The zero-order valence-electron chi connectivity index (χ0n) is 16.0. The Morgan fingerprint density at radius 1 is 1.17 bits per heavy atom. The summed E-state index contributed by atoms with van der Waals surface area (Å²) < 4.78 is 36.1. The Morgan fingerprint density at radius 2 is 2.03 bits per heavy atom. The number of aryl methyl sites for hydroxylation is 1. The fourth-order valence-electron chi connectivity index (χ4n) is 3.89. The normalized spacial score (nSPS) is 17.0. The van der Waals surface area contributed by atoms with Gasteiger partial charge in [-0.15, -0.1) is 0 Å². The van der Waals surface area contributed by atoms with Crippen LogP contribution in [0.2, 0.25) is 0 Å². The quantitative estimate of drug-likeness (QED) is 0.527. The van der Waals surface area contributed by atoms with Crippen molar-refractivity contribution in [2.24, 2.45) is 0 Å². The van der Waals surface area contributed by atoms with Gasteiger partial charge in [0.1, 0.15) is 5.82 Å². The average Bonchev–Trinajstić information content (AvgIpc) is 3.40. The first-order valence-electron chi connectivity index (χ1n) is 9.45. The highest BCUT2D eigenvalue weighted by Gasteiger charge is 2.23. The molecule has 1 aromatic carbocycles. The van der Waals surface area contributed by atoms with Crippen LogP contribution in [0.25, 0.3) is 15.7 Å². The van der Waals surface area contributed by atoms with Gasteiger partial charge in [-0.3, -0.25) is 0 Å². The first-order chi connectivity index (χ1) is 14.0. The lowest BCUT2D eigenvalue weighted by Crippen LogP contribution is -2.29. The van der Waals surface area contributed by atoms with Gasteiger partial charge < -0.3 is 19.9 Å². The minimum atomic E-state index is -0.446. The van der Waals surface area contributed by atoms with Crippen LogP contribution in [0.5, 0.6) is 0 Å². The van der Waals surface area contributed by atoms with E-state index in [0.717, 1.165) is 35.6 Å². The second-order valence-corrected chi connectivity index (χ2v) is 8.17. The molecule has 0 aliphatic carbocycles. The zero-order chi connectivity index (χ0) is 20.1. The number of rotatable bonds is 4. The number of nitrogens with one attached hydrogen (secondary N) is 2. The zero-order valence-corrected chi connectivity index (χ0v) is 16.9. The Hall–Kier alpha value is -2.78. The van der Waals surface area contributed by atoms with Crippen molar-refractivity contribution in [1.82, 2.24) is 19.1 Å². The predicted octanol–water partition coefficient (Wildman–Crippen LogP) is 4.07. The SMILES string of the molecule is CN[C@@H]1CCN(c2cc(F)c3c(Nc4cc(F)c5nc(C)cn5c4)nsc3c2)C1. The van der Waals surface area contributed by atoms with Crippen molar-refractivity contribution in [3.63, 3.8) is 0 Å². The highest BCUT2D eigenvalue weighted by atomic mass is 32.1. The minimum absolute atomic E-state index is 0.262. The fraction of sp³-hybridized carbons (Fsp3) is 0.300. The van der Waals surface area contributed by atoms with Crippen LogP contribution in [0.1, 0.15) is 12.1 Å². The molecule has 1 atom stereocenters. The smallest absolute Gasteiger partial charge is 0.173 e. The summed E-state index contributed by atoms with van der Waals surface area (Å²) >= 11 is 1.23. The molecule has 2 N–H and O–H groups in total. The Balaban J connectivity index is 1.48. The van der Waals surface area contributed by atoms with E-state index in [0.29, 0.717) is 22.9 Å². The number of hydrogen-bond donors (Lipinski definition) is 2. The summed E-state index contributed by atoms with van der Waals surface area (Å²) in [6.45, 7) is 3.55. The van der Waals surface area contributed by atoms with E-state index >= 15 is 4.39 Å². The number of aromatic nitrogens is 3. The Bertz CT molecular complexity index is 1220. The number of likely N-dealkylation sites (N-methyl/N-ethyl adjacent to an activating group) is 1. The van der Waals surface area contributed by atoms with Gasteiger partial charge in [0.05, 0.1) is 21.5 Å². The third kappa shape index (κ3) is 3.20. The van der Waals surface area contributed by atoms with Gasteiger partial charge in [0, 0.05) is 43.3 Å². The molecule has 1 fully saturated rings. The first-order valence-corrected chi connectivity index (χ1v) is 10.2. The number of pyridine rings is 1. The molecule has 0 radical (unpaired) electrons. The summed E-state index contributed by atoms with van der Waals surface area (Å²) in [6.07, 6.45) is 4.50. The van der Waals surface area contributed by atoms with Gasteiger partial charge in [-0.05, 0) is 44.1 Å². The lowest BCUT2D eigenvalue weighted by atomic mass is 10.2. The third-order valence-corrected chi connectivity index (χ3v) is 6.15. The van der Waals surface area contributed by atoms with Gasteiger partial charge in [0.2, 0.25) is 0 Å². The number of imidazole rings is 1. The van der Waals surface area contributed by atoms with Crippen molar-refractivity contribution < 1.29 is 8.78 Å². The van der Waals surface area contributed by atoms with E-state index in [9.17, 15) is 4.39 Å². The number of fused-ring (bicyclic) bond motifs is 2. The molecule has 29 heavy (non-hydrogen) atoms. The minimum Gasteiger partial charge on any atom is -0.370 e. The van der Waals surface area contributed by atoms with Crippen LogP contribution in [-0.2, 0) is 0 Å². The molecule has 9 heteroatoms. The molecule has 0 spiro atoms. The molecular formula is C20H20F2N6S. The Morgan fingerprint density at radius 3 is 2.83 bits per heavy atom. The Kier molecular flexibility index (Phi) is 4.36. The molecular weight excluding hydrogens is 394 g/mol. The number of nitrogens with zero attached hydrogens (tertiary/aromatic N) is 4. The molecule has 1 aliphatic heterocycles. The number of hydrogen-bond acceptors (Lipinski definition) is 6. The standard InChI is InChI=1S/C20H20F2N6S/c1-11-8-28-10-13(5-16(22)20(28)24-11)25-19-18-15(21)6-14(7-17(18)29-26-19)27-4-3-12(9-27)23-2/h5-8,10,12,23H,3-4,9H2,1-2H3,(H,25,26)/t12-/m1/s1. The van der Waals surface area contributed by atoms with Gasteiger partial charge >= 0.3 is 0 Å². The molecule has 4 aromatic rings. The second-order valence-electron chi connectivity index (χ2n) is 7.37. The summed E-state index contributed by atoms with van der Waals surface area (Å²) in [5.41, 5.74) is 2.34. The van der Waals surface area contributed by atoms with Crippen LogP contribution in [0.3, 0.4) is 0 Å². The van der Waals surface area contributed by atoms with Crippen LogP contribution in [-0.4, -0.2) is 39.9 Å². The molecule has 0 saturated carbocycles. The van der Waals surface area contributed by atoms with Crippen molar-refractivity contribution in [3.05, 3.63) is 47.9 Å². The van der Waals surface area contributed by atoms with Crippen LogP contribution in [0.15, 0.2) is 30.6 Å². The second kappa shape index (κ2) is 6.93. The van der Waals surface area contributed by atoms with Gasteiger partial charge in [-0.25, -0.2) is 13.8 Å².